The zero-order valence-corrected chi connectivity index (χ0v) is 14.1. The van der Waals surface area contributed by atoms with Gasteiger partial charge in [-0.1, -0.05) is 47.6 Å². The number of hydrogen-bond acceptors (Lipinski definition) is 1. The second-order valence-corrected chi connectivity index (χ2v) is 7.68. The molecule has 0 spiro atoms. The third-order valence-corrected chi connectivity index (χ3v) is 5.48. The number of aryl methyl sites for hydroxylation is 1. The summed E-state index contributed by atoms with van der Waals surface area (Å²) in [6, 6.07) is 4.49. The molecule has 0 unspecified atom stereocenters. The zero-order valence-electron chi connectivity index (χ0n) is 14.1. The summed E-state index contributed by atoms with van der Waals surface area (Å²) in [4.78, 5) is 11.9. The highest BCUT2D eigenvalue weighted by molar-refractivity contribution is 5.96. The van der Waals surface area contributed by atoms with Gasteiger partial charge in [0.2, 0.25) is 0 Å². The Morgan fingerprint density at radius 2 is 1.80 bits per heavy atom. The molecule has 0 amide bonds. The molecular weight excluding hydrogens is 244 g/mol. The normalized spacial score (nSPS) is 23.2. The summed E-state index contributed by atoms with van der Waals surface area (Å²) in [5.74, 6) is 0.842. The van der Waals surface area contributed by atoms with Crippen LogP contribution in [-0.4, -0.2) is 5.78 Å². The van der Waals surface area contributed by atoms with E-state index in [-0.39, 0.29) is 16.6 Å². The minimum absolute atomic E-state index is 0.154. The van der Waals surface area contributed by atoms with Crippen molar-refractivity contribution < 1.29 is 4.79 Å². The SMILES string of the molecule is CCc1cc2c(cc1C(C)=O)C(C)(C)C[C@H](C)C2(C)C. The average Bonchev–Trinajstić information content (AvgIpc) is 2.34. The molecule has 2 rings (SSSR count). The number of benzene rings is 1. The molecule has 0 N–H and O–H groups in total. The fourth-order valence-electron chi connectivity index (χ4n) is 3.75. The highest BCUT2D eigenvalue weighted by atomic mass is 16.1. The number of hydrogen-bond donors (Lipinski definition) is 0. The average molecular weight is 272 g/mol. The summed E-state index contributed by atoms with van der Waals surface area (Å²) >= 11 is 0. The van der Waals surface area contributed by atoms with Gasteiger partial charge in [-0.2, -0.15) is 0 Å². The first-order chi connectivity index (χ1) is 9.11. The Balaban J connectivity index is 2.77. The highest BCUT2D eigenvalue weighted by Gasteiger charge is 2.42. The smallest absolute Gasteiger partial charge is 0.160 e. The maximum Gasteiger partial charge on any atom is 0.160 e. The van der Waals surface area contributed by atoms with E-state index >= 15 is 0 Å². The predicted octanol–water partition coefficient (Wildman–Crippen LogP) is 5.05. The van der Waals surface area contributed by atoms with Crippen LogP contribution >= 0.6 is 0 Å². The van der Waals surface area contributed by atoms with Gasteiger partial charge in [-0.15, -0.1) is 0 Å². The van der Waals surface area contributed by atoms with Crippen molar-refractivity contribution in [3.05, 3.63) is 34.4 Å². The number of ketones is 1. The van der Waals surface area contributed by atoms with Crippen LogP contribution in [0, 0.1) is 5.92 Å². The lowest BCUT2D eigenvalue weighted by atomic mass is 9.57. The number of carbonyl (C=O) groups excluding carboxylic acids is 1. The van der Waals surface area contributed by atoms with Gasteiger partial charge in [-0.25, -0.2) is 0 Å². The quantitative estimate of drug-likeness (QED) is 0.689. The molecule has 1 aliphatic carbocycles. The van der Waals surface area contributed by atoms with Crippen LogP contribution in [0.1, 0.15) is 81.9 Å². The van der Waals surface area contributed by atoms with Crippen molar-refractivity contribution in [2.45, 2.75) is 72.1 Å². The molecule has 0 saturated carbocycles. The highest BCUT2D eigenvalue weighted by Crippen LogP contribution is 2.49. The lowest BCUT2D eigenvalue weighted by Crippen LogP contribution is -2.40. The Labute approximate surface area is 123 Å². The Hall–Kier alpha value is -1.11. The number of rotatable bonds is 2. The van der Waals surface area contributed by atoms with Gasteiger partial charge in [0.15, 0.2) is 5.78 Å². The summed E-state index contributed by atoms with van der Waals surface area (Å²) in [5.41, 5.74) is 5.29. The van der Waals surface area contributed by atoms with E-state index in [1.807, 2.05) is 0 Å². The van der Waals surface area contributed by atoms with Crippen LogP contribution in [-0.2, 0) is 17.3 Å². The molecular formula is C19H28O. The number of Topliss-reactive ketones (excluding diaryl/α,β-unsaturated/α-hetero) is 1. The van der Waals surface area contributed by atoms with E-state index in [2.05, 4.69) is 53.7 Å². The molecule has 0 aromatic heterocycles. The van der Waals surface area contributed by atoms with Gasteiger partial charge in [0.25, 0.3) is 0 Å². The van der Waals surface area contributed by atoms with Crippen LogP contribution in [0.25, 0.3) is 0 Å². The van der Waals surface area contributed by atoms with Gasteiger partial charge < -0.3 is 0 Å². The first kappa shape index (κ1) is 15.3. The summed E-state index contributed by atoms with van der Waals surface area (Å²) in [7, 11) is 0. The molecule has 1 heteroatoms. The zero-order chi connectivity index (χ0) is 15.3. The minimum atomic E-state index is 0.154. The number of carbonyl (C=O) groups is 1. The molecule has 1 aliphatic rings. The Bertz CT molecular complexity index is 549. The fraction of sp³-hybridized carbons (Fsp3) is 0.632. The van der Waals surface area contributed by atoms with E-state index in [1.165, 1.54) is 23.1 Å². The van der Waals surface area contributed by atoms with E-state index in [4.69, 9.17) is 0 Å². The summed E-state index contributed by atoms with van der Waals surface area (Å²) in [6.45, 7) is 15.5. The van der Waals surface area contributed by atoms with Crippen molar-refractivity contribution in [1.82, 2.24) is 0 Å². The molecule has 1 aromatic carbocycles. The van der Waals surface area contributed by atoms with Crippen LogP contribution in [0.5, 0.6) is 0 Å². The predicted molar refractivity (Wildman–Crippen MR) is 85.7 cm³/mol. The second-order valence-electron chi connectivity index (χ2n) is 7.68. The molecule has 0 aliphatic heterocycles. The van der Waals surface area contributed by atoms with Gasteiger partial charge in [-0.05, 0) is 59.3 Å². The van der Waals surface area contributed by atoms with Crippen LogP contribution in [0.4, 0.5) is 0 Å². The monoisotopic (exact) mass is 272 g/mol. The summed E-state index contributed by atoms with van der Waals surface area (Å²) in [5, 5.41) is 0. The topological polar surface area (TPSA) is 17.1 Å². The van der Waals surface area contributed by atoms with E-state index < -0.39 is 0 Å². The standard InChI is InChI=1S/C19H28O/c1-8-14-9-17-16(10-15(14)13(3)20)18(4,5)11-12(2)19(17,6)7/h9-10,12H,8,11H2,1-7H3/t12-/m0/s1. The van der Waals surface area contributed by atoms with Crippen molar-refractivity contribution in [3.63, 3.8) is 0 Å². The first-order valence-corrected chi connectivity index (χ1v) is 7.80. The molecule has 1 nitrogen and oxygen atoms in total. The van der Waals surface area contributed by atoms with Crippen LogP contribution in [0.3, 0.4) is 0 Å². The molecule has 0 saturated heterocycles. The molecule has 0 heterocycles. The molecule has 0 radical (unpaired) electrons. The summed E-state index contributed by atoms with van der Waals surface area (Å²) < 4.78 is 0. The molecule has 20 heavy (non-hydrogen) atoms. The largest absolute Gasteiger partial charge is 0.295 e. The molecule has 0 bridgehead atoms. The van der Waals surface area contributed by atoms with Crippen molar-refractivity contribution in [2.75, 3.05) is 0 Å². The molecule has 1 aromatic rings. The van der Waals surface area contributed by atoms with Crippen molar-refractivity contribution in [2.24, 2.45) is 5.92 Å². The maximum atomic E-state index is 11.9. The minimum Gasteiger partial charge on any atom is -0.295 e. The third kappa shape index (κ3) is 2.21. The Morgan fingerprint density at radius 1 is 1.20 bits per heavy atom. The van der Waals surface area contributed by atoms with Gasteiger partial charge in [-0.3, -0.25) is 4.79 Å². The van der Waals surface area contributed by atoms with Crippen LogP contribution < -0.4 is 0 Å². The van der Waals surface area contributed by atoms with Crippen molar-refractivity contribution in [3.8, 4) is 0 Å². The van der Waals surface area contributed by atoms with E-state index in [9.17, 15) is 4.79 Å². The summed E-state index contributed by atoms with van der Waals surface area (Å²) in [6.07, 6.45) is 2.10. The van der Waals surface area contributed by atoms with Crippen LogP contribution in [0.2, 0.25) is 0 Å². The second kappa shape index (κ2) is 4.72. The molecule has 110 valence electrons. The molecule has 0 fully saturated rings. The maximum absolute atomic E-state index is 11.9. The molecule has 1 atom stereocenters. The van der Waals surface area contributed by atoms with Gasteiger partial charge >= 0.3 is 0 Å². The lowest BCUT2D eigenvalue weighted by Gasteiger charge is -2.47. The van der Waals surface area contributed by atoms with Crippen LogP contribution in [0.15, 0.2) is 12.1 Å². The van der Waals surface area contributed by atoms with Gasteiger partial charge in [0.1, 0.15) is 0 Å². The van der Waals surface area contributed by atoms with Crippen molar-refractivity contribution >= 4 is 5.78 Å². The van der Waals surface area contributed by atoms with E-state index in [0.29, 0.717) is 5.92 Å². The Kier molecular flexibility index (Phi) is 3.60. The number of fused-ring (bicyclic) bond motifs is 1. The van der Waals surface area contributed by atoms with Gasteiger partial charge in [0, 0.05) is 5.56 Å². The van der Waals surface area contributed by atoms with Crippen molar-refractivity contribution in [1.29, 1.82) is 0 Å². The van der Waals surface area contributed by atoms with Gasteiger partial charge in [0.05, 0.1) is 0 Å². The lowest BCUT2D eigenvalue weighted by molar-refractivity contribution is 0.101. The van der Waals surface area contributed by atoms with E-state index in [0.717, 1.165) is 12.0 Å². The Morgan fingerprint density at radius 3 is 2.30 bits per heavy atom. The van der Waals surface area contributed by atoms with E-state index in [1.54, 1.807) is 6.92 Å². The first-order valence-electron chi connectivity index (χ1n) is 7.80. The fourth-order valence-corrected chi connectivity index (χ4v) is 3.75. The third-order valence-electron chi connectivity index (χ3n) is 5.48.